The minimum absolute atomic E-state index is 0.156. The molecule has 0 aliphatic rings. The van der Waals surface area contributed by atoms with Gasteiger partial charge in [0.2, 0.25) is 0 Å². The number of thiazole rings is 1. The maximum Gasteiger partial charge on any atom is 0.348 e. The number of benzene rings is 2. The molecule has 3 rings (SSSR count). The smallest absolute Gasteiger partial charge is 0.348 e. The molecule has 0 unspecified atom stereocenters. The predicted octanol–water partition coefficient (Wildman–Crippen LogP) is 4.62. The summed E-state index contributed by atoms with van der Waals surface area (Å²) in [6.07, 6.45) is 0. The fourth-order valence-corrected chi connectivity index (χ4v) is 3.09. The lowest BCUT2D eigenvalue weighted by Gasteiger charge is -1.99. The third-order valence-corrected chi connectivity index (χ3v) is 4.30. The number of rotatable bonds is 3. The summed E-state index contributed by atoms with van der Waals surface area (Å²) in [4.78, 5) is 16.1. The van der Waals surface area contributed by atoms with Gasteiger partial charge in [0.25, 0.3) is 0 Å². The first-order chi connectivity index (χ1) is 10.5. The Morgan fingerprint density at radius 2 is 1.86 bits per heavy atom. The number of hydrogen-bond acceptors (Lipinski definition) is 3. The van der Waals surface area contributed by atoms with Gasteiger partial charge < -0.3 is 5.11 Å². The molecule has 0 aliphatic heterocycles. The van der Waals surface area contributed by atoms with Crippen LogP contribution in [0.2, 0.25) is 0 Å². The maximum absolute atomic E-state index is 13.0. The standard InChI is InChI=1S/C17H12FNO2S/c1-10-3-2-4-12(9-10)16-19-14(15(22-16)17(20)21)11-5-7-13(18)8-6-11/h2-9H,1H3,(H,20,21). The van der Waals surface area contributed by atoms with Gasteiger partial charge >= 0.3 is 5.97 Å². The van der Waals surface area contributed by atoms with Gasteiger partial charge in [-0.25, -0.2) is 14.2 Å². The van der Waals surface area contributed by atoms with Crippen LogP contribution in [0.4, 0.5) is 4.39 Å². The highest BCUT2D eigenvalue weighted by Crippen LogP contribution is 2.34. The summed E-state index contributed by atoms with van der Waals surface area (Å²) < 4.78 is 13.0. The number of halogens is 1. The second kappa shape index (κ2) is 5.69. The second-order valence-corrected chi connectivity index (χ2v) is 5.88. The number of carboxylic acid groups (broad SMARTS) is 1. The molecule has 1 aromatic heterocycles. The van der Waals surface area contributed by atoms with E-state index in [0.717, 1.165) is 22.5 Å². The van der Waals surface area contributed by atoms with Crippen LogP contribution < -0.4 is 0 Å². The Bertz CT molecular complexity index is 840. The van der Waals surface area contributed by atoms with Crippen LogP contribution >= 0.6 is 11.3 Å². The molecule has 2 aromatic carbocycles. The largest absolute Gasteiger partial charge is 0.477 e. The minimum Gasteiger partial charge on any atom is -0.477 e. The molecule has 0 saturated carbocycles. The van der Waals surface area contributed by atoms with Crippen LogP contribution in [0.25, 0.3) is 21.8 Å². The van der Waals surface area contributed by atoms with E-state index in [1.165, 1.54) is 24.3 Å². The normalized spacial score (nSPS) is 10.6. The van der Waals surface area contributed by atoms with Crippen LogP contribution in [0.1, 0.15) is 15.2 Å². The Labute approximate surface area is 130 Å². The fraction of sp³-hybridized carbons (Fsp3) is 0.0588. The van der Waals surface area contributed by atoms with Crippen LogP contribution in [-0.2, 0) is 0 Å². The van der Waals surface area contributed by atoms with Crippen LogP contribution in [0, 0.1) is 12.7 Å². The van der Waals surface area contributed by atoms with Gasteiger partial charge in [-0.05, 0) is 37.3 Å². The lowest BCUT2D eigenvalue weighted by atomic mass is 10.1. The molecule has 3 nitrogen and oxygen atoms in total. The van der Waals surface area contributed by atoms with Gasteiger partial charge in [0.05, 0.1) is 5.69 Å². The Balaban J connectivity index is 2.14. The number of hydrogen-bond donors (Lipinski definition) is 1. The van der Waals surface area contributed by atoms with Crippen molar-refractivity contribution in [1.82, 2.24) is 4.98 Å². The van der Waals surface area contributed by atoms with Crippen molar-refractivity contribution in [2.75, 3.05) is 0 Å². The van der Waals surface area contributed by atoms with E-state index in [1.807, 2.05) is 31.2 Å². The Hall–Kier alpha value is -2.53. The van der Waals surface area contributed by atoms with Crippen LogP contribution in [0.5, 0.6) is 0 Å². The zero-order valence-electron chi connectivity index (χ0n) is 11.7. The summed E-state index contributed by atoms with van der Waals surface area (Å²) >= 11 is 1.12. The number of carboxylic acids is 1. The van der Waals surface area contributed by atoms with Crippen molar-refractivity contribution in [3.63, 3.8) is 0 Å². The summed E-state index contributed by atoms with van der Waals surface area (Å²) in [6, 6.07) is 13.4. The fourth-order valence-electron chi connectivity index (χ4n) is 2.17. The average Bonchev–Trinajstić information content (AvgIpc) is 2.93. The van der Waals surface area contributed by atoms with Gasteiger partial charge in [0, 0.05) is 11.1 Å². The van der Waals surface area contributed by atoms with E-state index < -0.39 is 5.97 Å². The summed E-state index contributed by atoms with van der Waals surface area (Å²) in [5.41, 5.74) is 2.91. The topological polar surface area (TPSA) is 50.2 Å². The van der Waals surface area contributed by atoms with E-state index in [-0.39, 0.29) is 10.7 Å². The van der Waals surface area contributed by atoms with Gasteiger partial charge in [-0.2, -0.15) is 0 Å². The molecule has 1 N–H and O–H groups in total. The van der Waals surface area contributed by atoms with Crippen LogP contribution in [0.15, 0.2) is 48.5 Å². The third kappa shape index (κ3) is 2.76. The molecule has 0 saturated heterocycles. The summed E-state index contributed by atoms with van der Waals surface area (Å²) in [7, 11) is 0. The van der Waals surface area contributed by atoms with Gasteiger partial charge in [-0.15, -0.1) is 11.3 Å². The molecule has 0 spiro atoms. The summed E-state index contributed by atoms with van der Waals surface area (Å²) in [6.45, 7) is 1.97. The van der Waals surface area contributed by atoms with Crippen molar-refractivity contribution in [3.8, 4) is 21.8 Å². The number of nitrogens with zero attached hydrogens (tertiary/aromatic N) is 1. The number of aromatic nitrogens is 1. The molecular weight excluding hydrogens is 301 g/mol. The SMILES string of the molecule is Cc1cccc(-c2nc(-c3ccc(F)cc3)c(C(=O)O)s2)c1. The first kappa shape index (κ1) is 14.4. The second-order valence-electron chi connectivity index (χ2n) is 4.88. The monoisotopic (exact) mass is 313 g/mol. The van der Waals surface area contributed by atoms with Crippen molar-refractivity contribution in [2.45, 2.75) is 6.92 Å². The van der Waals surface area contributed by atoms with E-state index >= 15 is 0 Å². The van der Waals surface area contributed by atoms with Crippen molar-refractivity contribution >= 4 is 17.3 Å². The summed E-state index contributed by atoms with van der Waals surface area (Å²) in [5, 5.41) is 10.0. The zero-order chi connectivity index (χ0) is 15.7. The van der Waals surface area contributed by atoms with Crippen molar-refractivity contribution in [3.05, 3.63) is 64.8 Å². The van der Waals surface area contributed by atoms with Crippen LogP contribution in [0.3, 0.4) is 0 Å². The first-order valence-corrected chi connectivity index (χ1v) is 7.43. The molecule has 0 atom stereocenters. The van der Waals surface area contributed by atoms with E-state index in [9.17, 15) is 14.3 Å². The third-order valence-electron chi connectivity index (χ3n) is 3.20. The molecule has 5 heteroatoms. The van der Waals surface area contributed by atoms with Gasteiger partial charge in [-0.1, -0.05) is 23.8 Å². The highest BCUT2D eigenvalue weighted by Gasteiger charge is 2.19. The quantitative estimate of drug-likeness (QED) is 0.767. The minimum atomic E-state index is -1.03. The van der Waals surface area contributed by atoms with Gasteiger partial charge in [-0.3, -0.25) is 0 Å². The Kier molecular flexibility index (Phi) is 3.73. The highest BCUT2D eigenvalue weighted by molar-refractivity contribution is 7.17. The Morgan fingerprint density at radius 1 is 1.14 bits per heavy atom. The van der Waals surface area contributed by atoms with Crippen molar-refractivity contribution in [1.29, 1.82) is 0 Å². The molecule has 3 aromatic rings. The molecule has 1 heterocycles. The number of aryl methyl sites for hydroxylation is 1. The first-order valence-electron chi connectivity index (χ1n) is 6.61. The number of carbonyl (C=O) groups is 1. The molecule has 0 bridgehead atoms. The zero-order valence-corrected chi connectivity index (χ0v) is 12.5. The molecule has 110 valence electrons. The van der Waals surface area contributed by atoms with Crippen molar-refractivity contribution in [2.24, 2.45) is 0 Å². The van der Waals surface area contributed by atoms with Crippen molar-refractivity contribution < 1.29 is 14.3 Å². The van der Waals surface area contributed by atoms with E-state index in [2.05, 4.69) is 4.98 Å². The molecular formula is C17H12FNO2S. The lowest BCUT2D eigenvalue weighted by Crippen LogP contribution is -1.95. The van der Waals surface area contributed by atoms with Gasteiger partial charge in [0.1, 0.15) is 15.7 Å². The van der Waals surface area contributed by atoms with Gasteiger partial charge in [0.15, 0.2) is 0 Å². The average molecular weight is 313 g/mol. The summed E-state index contributed by atoms with van der Waals surface area (Å²) in [5.74, 6) is -1.40. The predicted molar refractivity (Wildman–Crippen MR) is 84.6 cm³/mol. The molecule has 22 heavy (non-hydrogen) atoms. The van der Waals surface area contributed by atoms with E-state index in [0.29, 0.717) is 16.3 Å². The Morgan fingerprint density at radius 3 is 2.50 bits per heavy atom. The molecule has 0 amide bonds. The number of aromatic carboxylic acids is 1. The molecule has 0 radical (unpaired) electrons. The molecule has 0 aliphatic carbocycles. The van der Waals surface area contributed by atoms with E-state index in [4.69, 9.17) is 0 Å². The maximum atomic E-state index is 13.0. The highest BCUT2D eigenvalue weighted by atomic mass is 32.1. The van der Waals surface area contributed by atoms with Crippen LogP contribution in [-0.4, -0.2) is 16.1 Å². The van der Waals surface area contributed by atoms with E-state index in [1.54, 1.807) is 0 Å². The lowest BCUT2D eigenvalue weighted by molar-refractivity contribution is 0.0702. The molecule has 0 fully saturated rings.